The van der Waals surface area contributed by atoms with E-state index in [2.05, 4.69) is 20.9 Å². The number of rotatable bonds is 1. The van der Waals surface area contributed by atoms with Gasteiger partial charge in [0.15, 0.2) is 5.76 Å². The van der Waals surface area contributed by atoms with E-state index < -0.39 is 0 Å². The number of hydrogen-bond donors (Lipinski definition) is 0. The molecular formula is C14H8BrNO2. The second-order valence-corrected chi connectivity index (χ2v) is 4.59. The Bertz CT molecular complexity index is 650. The Hall–Kier alpha value is -1.94. The van der Waals surface area contributed by atoms with Crippen molar-refractivity contribution in [2.24, 2.45) is 0 Å². The van der Waals surface area contributed by atoms with Crippen LogP contribution in [0, 0.1) is 0 Å². The molecule has 0 amide bonds. The Labute approximate surface area is 112 Å². The summed E-state index contributed by atoms with van der Waals surface area (Å²) in [7, 11) is 0. The number of fused-ring (bicyclic) bond motifs is 1. The van der Waals surface area contributed by atoms with E-state index in [4.69, 9.17) is 4.74 Å². The van der Waals surface area contributed by atoms with E-state index in [0.29, 0.717) is 15.8 Å². The van der Waals surface area contributed by atoms with Crippen molar-refractivity contribution in [2.75, 3.05) is 0 Å². The first-order valence-corrected chi connectivity index (χ1v) is 6.19. The van der Waals surface area contributed by atoms with Crippen LogP contribution >= 0.6 is 15.9 Å². The van der Waals surface area contributed by atoms with Crippen LogP contribution in [0.1, 0.15) is 21.6 Å². The van der Waals surface area contributed by atoms with Gasteiger partial charge >= 0.3 is 5.97 Å². The largest absolute Gasteiger partial charge is 0.421 e. The van der Waals surface area contributed by atoms with Gasteiger partial charge in [0.05, 0.1) is 15.7 Å². The highest BCUT2D eigenvalue weighted by Crippen LogP contribution is 2.37. The number of nitrogens with zero attached hydrogens (tertiary/aromatic N) is 1. The summed E-state index contributed by atoms with van der Waals surface area (Å²) >= 11 is 3.45. The first kappa shape index (κ1) is 11.2. The van der Waals surface area contributed by atoms with Crippen LogP contribution < -0.4 is 0 Å². The molecule has 2 aromatic rings. The molecule has 0 spiro atoms. The fraction of sp³-hybridized carbons (Fsp3) is 0. The van der Waals surface area contributed by atoms with Crippen molar-refractivity contribution < 1.29 is 9.53 Å². The highest BCUT2D eigenvalue weighted by atomic mass is 79.9. The van der Waals surface area contributed by atoms with Crippen molar-refractivity contribution in [1.82, 2.24) is 4.98 Å². The van der Waals surface area contributed by atoms with Crippen LogP contribution in [-0.2, 0) is 4.74 Å². The summed E-state index contributed by atoms with van der Waals surface area (Å²) < 4.78 is 5.98. The molecule has 1 aliphatic heterocycles. The number of ether oxygens (including phenoxy) is 1. The van der Waals surface area contributed by atoms with E-state index in [0.717, 1.165) is 11.3 Å². The average Bonchev–Trinajstić information content (AvgIpc) is 2.77. The second kappa shape index (κ2) is 4.38. The van der Waals surface area contributed by atoms with Gasteiger partial charge in [0.2, 0.25) is 0 Å². The van der Waals surface area contributed by atoms with E-state index in [1.807, 2.05) is 36.4 Å². The second-order valence-electron chi connectivity index (χ2n) is 3.79. The molecule has 0 unspecified atom stereocenters. The Morgan fingerprint density at radius 1 is 1.06 bits per heavy atom. The Morgan fingerprint density at radius 3 is 2.50 bits per heavy atom. The van der Waals surface area contributed by atoms with Crippen LogP contribution in [0.25, 0.3) is 10.2 Å². The zero-order valence-corrected chi connectivity index (χ0v) is 10.8. The lowest BCUT2D eigenvalue weighted by Gasteiger charge is -2.03. The maximum atomic E-state index is 11.7. The molecule has 1 aromatic carbocycles. The predicted octanol–water partition coefficient (Wildman–Crippen LogP) is 3.47. The van der Waals surface area contributed by atoms with Crippen molar-refractivity contribution in [3.8, 4) is 0 Å². The summed E-state index contributed by atoms with van der Waals surface area (Å²) in [6, 6.07) is 12.9. The van der Waals surface area contributed by atoms with Gasteiger partial charge in [0.25, 0.3) is 0 Å². The molecule has 4 heteroatoms. The monoisotopic (exact) mass is 301 g/mol. The molecule has 0 radical (unpaired) electrons. The topological polar surface area (TPSA) is 39.2 Å². The Kier molecular flexibility index (Phi) is 2.72. The minimum atomic E-state index is -0.325. The molecule has 0 aliphatic carbocycles. The lowest BCUT2D eigenvalue weighted by atomic mass is 10.1. The number of pyridine rings is 1. The molecule has 0 saturated heterocycles. The molecule has 0 saturated carbocycles. The summed E-state index contributed by atoms with van der Waals surface area (Å²) in [5, 5.41) is 0. The molecule has 3 rings (SSSR count). The van der Waals surface area contributed by atoms with E-state index in [9.17, 15) is 4.79 Å². The van der Waals surface area contributed by atoms with Gasteiger partial charge in [0.1, 0.15) is 0 Å². The van der Waals surface area contributed by atoms with Gasteiger partial charge in [-0.25, -0.2) is 4.79 Å². The zero-order valence-electron chi connectivity index (χ0n) is 9.26. The van der Waals surface area contributed by atoms with Crippen molar-refractivity contribution >= 4 is 32.1 Å². The number of aromatic nitrogens is 1. The third-order valence-corrected chi connectivity index (χ3v) is 3.44. The van der Waals surface area contributed by atoms with Crippen LogP contribution in [0.15, 0.2) is 48.7 Å². The maximum absolute atomic E-state index is 11.7. The van der Waals surface area contributed by atoms with Crippen LogP contribution in [0.4, 0.5) is 0 Å². The lowest BCUT2D eigenvalue weighted by Crippen LogP contribution is -1.93. The summed E-state index contributed by atoms with van der Waals surface area (Å²) in [5.74, 6) is 0.197. The normalized spacial score (nSPS) is 16.2. The first-order valence-electron chi connectivity index (χ1n) is 5.40. The number of carbonyl (C=O) groups is 1. The molecule has 88 valence electrons. The number of benzene rings is 1. The van der Waals surface area contributed by atoms with Crippen LogP contribution in [0.2, 0.25) is 0 Å². The number of cyclic esters (lactones) is 1. The van der Waals surface area contributed by atoms with Gasteiger partial charge in [-0.15, -0.1) is 0 Å². The van der Waals surface area contributed by atoms with Crippen molar-refractivity contribution in [3.63, 3.8) is 0 Å². The summed E-state index contributed by atoms with van der Waals surface area (Å²) in [4.78, 5) is 15.9. The third kappa shape index (κ3) is 1.75. The van der Waals surface area contributed by atoms with Crippen molar-refractivity contribution in [2.45, 2.75) is 0 Å². The van der Waals surface area contributed by atoms with Gasteiger partial charge in [0, 0.05) is 11.8 Å². The average molecular weight is 302 g/mol. The van der Waals surface area contributed by atoms with E-state index >= 15 is 0 Å². The fourth-order valence-electron chi connectivity index (χ4n) is 1.83. The van der Waals surface area contributed by atoms with Gasteiger partial charge in [-0.3, -0.25) is 4.98 Å². The minimum Gasteiger partial charge on any atom is -0.421 e. The quantitative estimate of drug-likeness (QED) is 0.757. The maximum Gasteiger partial charge on any atom is 0.344 e. The molecule has 0 bridgehead atoms. The van der Waals surface area contributed by atoms with Crippen molar-refractivity contribution in [3.05, 3.63) is 65.5 Å². The molecule has 2 heterocycles. The molecule has 0 atom stereocenters. The highest BCUT2D eigenvalue weighted by molar-refractivity contribution is 9.15. The summed E-state index contributed by atoms with van der Waals surface area (Å²) in [5.41, 5.74) is 2.11. The SMILES string of the molecule is O=C1O/C(=C(\Br)c2ccccn2)c2ccccc21. The molecule has 3 nitrogen and oxygen atoms in total. The summed E-state index contributed by atoms with van der Waals surface area (Å²) in [6.07, 6.45) is 1.69. The lowest BCUT2D eigenvalue weighted by molar-refractivity contribution is 0.0717. The molecule has 1 aromatic heterocycles. The Balaban J connectivity index is 2.17. The zero-order chi connectivity index (χ0) is 12.5. The van der Waals surface area contributed by atoms with E-state index in [1.165, 1.54) is 0 Å². The van der Waals surface area contributed by atoms with Crippen molar-refractivity contribution in [1.29, 1.82) is 0 Å². The van der Waals surface area contributed by atoms with E-state index in [1.54, 1.807) is 12.3 Å². The number of esters is 1. The minimum absolute atomic E-state index is 0.325. The molecular weight excluding hydrogens is 294 g/mol. The highest BCUT2D eigenvalue weighted by Gasteiger charge is 2.28. The first-order chi connectivity index (χ1) is 8.77. The molecule has 1 aliphatic rings. The molecule has 0 N–H and O–H groups in total. The van der Waals surface area contributed by atoms with Crippen LogP contribution in [-0.4, -0.2) is 11.0 Å². The van der Waals surface area contributed by atoms with Crippen LogP contribution in [0.3, 0.4) is 0 Å². The number of carbonyl (C=O) groups excluding carboxylic acids is 1. The number of halogens is 1. The summed E-state index contributed by atoms with van der Waals surface area (Å²) in [6.45, 7) is 0. The predicted molar refractivity (Wildman–Crippen MR) is 71.8 cm³/mol. The van der Waals surface area contributed by atoms with E-state index in [-0.39, 0.29) is 5.97 Å². The van der Waals surface area contributed by atoms with Crippen LogP contribution in [0.5, 0.6) is 0 Å². The standard InChI is InChI=1S/C14H8BrNO2/c15-12(11-7-3-4-8-16-11)13-9-5-1-2-6-10(9)14(17)18-13/h1-8H/b13-12-. The number of hydrogen-bond acceptors (Lipinski definition) is 3. The van der Waals surface area contributed by atoms with Gasteiger partial charge in [-0.1, -0.05) is 24.3 Å². The smallest absolute Gasteiger partial charge is 0.344 e. The van der Waals surface area contributed by atoms with Gasteiger partial charge < -0.3 is 4.74 Å². The Morgan fingerprint density at radius 2 is 1.78 bits per heavy atom. The van der Waals surface area contributed by atoms with Gasteiger partial charge in [-0.05, 0) is 34.1 Å². The fourth-order valence-corrected chi connectivity index (χ4v) is 2.36. The van der Waals surface area contributed by atoms with Gasteiger partial charge in [-0.2, -0.15) is 0 Å². The molecule has 0 fully saturated rings. The molecule has 18 heavy (non-hydrogen) atoms. The third-order valence-electron chi connectivity index (χ3n) is 2.68.